The van der Waals surface area contributed by atoms with Crippen LogP contribution in [-0.4, -0.2) is 29.7 Å². The molecule has 1 fully saturated rings. The molecule has 138 valence electrons. The molecule has 1 unspecified atom stereocenters. The number of anilines is 1. The van der Waals surface area contributed by atoms with E-state index >= 15 is 0 Å². The lowest BCUT2D eigenvalue weighted by atomic mass is 10.1. The molecule has 0 radical (unpaired) electrons. The van der Waals surface area contributed by atoms with E-state index in [-0.39, 0.29) is 30.5 Å². The van der Waals surface area contributed by atoms with E-state index in [0.29, 0.717) is 16.7 Å². The van der Waals surface area contributed by atoms with Crippen LogP contribution in [0.4, 0.5) is 10.1 Å². The van der Waals surface area contributed by atoms with Gasteiger partial charge in [0.25, 0.3) is 5.89 Å². The topological polar surface area (TPSA) is 68.5 Å². The molecule has 2 heterocycles. The molecule has 1 atom stereocenters. The van der Waals surface area contributed by atoms with E-state index < -0.39 is 5.82 Å². The highest BCUT2D eigenvalue weighted by molar-refractivity contribution is 6.31. The first kappa shape index (κ1) is 17.5. The fourth-order valence-electron chi connectivity index (χ4n) is 3.06. The number of aromatic nitrogens is 2. The van der Waals surface area contributed by atoms with Crippen LogP contribution in [0.3, 0.4) is 0 Å². The molecule has 3 aromatic rings. The van der Waals surface area contributed by atoms with Crippen LogP contribution < -0.4 is 9.64 Å². The largest absolute Gasteiger partial charge is 0.497 e. The van der Waals surface area contributed by atoms with Crippen LogP contribution >= 0.6 is 11.6 Å². The third kappa shape index (κ3) is 3.38. The Morgan fingerprint density at radius 3 is 2.78 bits per heavy atom. The highest BCUT2D eigenvalue weighted by Crippen LogP contribution is 2.34. The van der Waals surface area contributed by atoms with Crippen molar-refractivity contribution in [3.8, 4) is 17.2 Å². The number of nitrogens with zero attached hydrogens (tertiary/aromatic N) is 3. The summed E-state index contributed by atoms with van der Waals surface area (Å²) in [7, 11) is 1.59. The van der Waals surface area contributed by atoms with E-state index in [2.05, 4.69) is 10.1 Å². The van der Waals surface area contributed by atoms with Gasteiger partial charge in [-0.2, -0.15) is 4.98 Å². The summed E-state index contributed by atoms with van der Waals surface area (Å²) in [5.74, 6) is 0.495. The van der Waals surface area contributed by atoms with Gasteiger partial charge in [0.1, 0.15) is 11.6 Å². The lowest BCUT2D eigenvalue weighted by molar-refractivity contribution is -0.117. The van der Waals surface area contributed by atoms with Gasteiger partial charge < -0.3 is 14.2 Å². The van der Waals surface area contributed by atoms with Crippen LogP contribution in [0.5, 0.6) is 5.75 Å². The van der Waals surface area contributed by atoms with Crippen molar-refractivity contribution < 1.29 is 18.4 Å². The van der Waals surface area contributed by atoms with Gasteiger partial charge in [0, 0.05) is 29.5 Å². The number of ether oxygens (including phenoxy) is 1. The number of hydrogen-bond donors (Lipinski definition) is 0. The van der Waals surface area contributed by atoms with Gasteiger partial charge in [-0.3, -0.25) is 4.79 Å². The molecule has 1 aromatic heterocycles. The lowest BCUT2D eigenvalue weighted by Crippen LogP contribution is -2.25. The summed E-state index contributed by atoms with van der Waals surface area (Å²) in [6.45, 7) is 0.262. The highest BCUT2D eigenvalue weighted by atomic mass is 35.5. The highest BCUT2D eigenvalue weighted by Gasteiger charge is 2.35. The van der Waals surface area contributed by atoms with Gasteiger partial charge in [-0.25, -0.2) is 4.39 Å². The van der Waals surface area contributed by atoms with E-state index in [1.165, 1.54) is 23.1 Å². The third-order valence-electron chi connectivity index (χ3n) is 4.47. The van der Waals surface area contributed by atoms with E-state index in [9.17, 15) is 9.18 Å². The maximum absolute atomic E-state index is 14.1. The van der Waals surface area contributed by atoms with Gasteiger partial charge in [0.15, 0.2) is 5.82 Å². The number of carbonyl (C=O) groups excluding carboxylic acids is 1. The number of methoxy groups -OCH3 is 1. The van der Waals surface area contributed by atoms with E-state index in [0.717, 1.165) is 11.3 Å². The molecule has 6 nitrogen and oxygen atoms in total. The van der Waals surface area contributed by atoms with Crippen LogP contribution in [0.15, 0.2) is 47.0 Å². The zero-order valence-electron chi connectivity index (χ0n) is 14.4. The van der Waals surface area contributed by atoms with Gasteiger partial charge in [0.05, 0.1) is 12.8 Å². The third-order valence-corrected chi connectivity index (χ3v) is 4.70. The molecule has 0 spiro atoms. The maximum Gasteiger partial charge on any atom is 0.257 e. The van der Waals surface area contributed by atoms with Crippen LogP contribution in [0.25, 0.3) is 11.5 Å². The zero-order valence-corrected chi connectivity index (χ0v) is 15.1. The number of rotatable bonds is 4. The lowest BCUT2D eigenvalue weighted by Gasteiger charge is -2.17. The fourth-order valence-corrected chi connectivity index (χ4v) is 3.22. The Kier molecular flexibility index (Phi) is 4.53. The Labute approximate surface area is 159 Å². The smallest absolute Gasteiger partial charge is 0.257 e. The molecule has 0 aliphatic carbocycles. The molecular weight excluding hydrogens is 373 g/mol. The fraction of sp³-hybridized carbons (Fsp3) is 0.211. The monoisotopic (exact) mass is 387 g/mol. The predicted molar refractivity (Wildman–Crippen MR) is 97.4 cm³/mol. The quantitative estimate of drug-likeness (QED) is 0.675. The number of hydrogen-bond acceptors (Lipinski definition) is 5. The average Bonchev–Trinajstić information content (AvgIpc) is 3.31. The average molecular weight is 388 g/mol. The summed E-state index contributed by atoms with van der Waals surface area (Å²) < 4.78 is 24.6. The minimum Gasteiger partial charge on any atom is -0.497 e. The summed E-state index contributed by atoms with van der Waals surface area (Å²) in [5.41, 5.74) is 0.908. The summed E-state index contributed by atoms with van der Waals surface area (Å²) in [6, 6.07) is 11.3. The first-order valence-corrected chi connectivity index (χ1v) is 8.66. The number of carbonyl (C=O) groups is 1. The van der Waals surface area contributed by atoms with Crippen molar-refractivity contribution in [3.05, 3.63) is 59.1 Å². The normalized spacial score (nSPS) is 16.8. The second-order valence-electron chi connectivity index (χ2n) is 6.19. The molecule has 4 rings (SSSR count). The van der Waals surface area contributed by atoms with E-state index in [1.54, 1.807) is 19.2 Å². The van der Waals surface area contributed by atoms with Crippen LogP contribution in [0.2, 0.25) is 5.02 Å². The standard InChI is InChI=1S/C19H15ClFN3O3/c1-26-14-5-2-11(3-6-14)19-22-18(23-27-19)12-8-17(25)24(10-12)16-9-13(20)4-7-15(16)21/h2-7,9,12H,8,10H2,1H3. The Balaban J connectivity index is 1.56. The molecule has 1 amide bonds. The molecule has 0 N–H and O–H groups in total. The van der Waals surface area contributed by atoms with Crippen LogP contribution in [0, 0.1) is 5.82 Å². The van der Waals surface area contributed by atoms with Crippen molar-refractivity contribution >= 4 is 23.2 Å². The van der Waals surface area contributed by atoms with E-state index in [1.807, 2.05) is 12.1 Å². The van der Waals surface area contributed by atoms with Gasteiger partial charge in [0.2, 0.25) is 5.91 Å². The minimum atomic E-state index is -0.500. The molecule has 0 saturated carbocycles. The van der Waals surface area contributed by atoms with Gasteiger partial charge in [-0.1, -0.05) is 16.8 Å². The minimum absolute atomic E-state index is 0.161. The maximum atomic E-state index is 14.1. The molecule has 1 saturated heterocycles. The number of benzene rings is 2. The first-order valence-electron chi connectivity index (χ1n) is 8.28. The van der Waals surface area contributed by atoms with Gasteiger partial charge >= 0.3 is 0 Å². The van der Waals surface area contributed by atoms with Crippen molar-refractivity contribution in [1.29, 1.82) is 0 Å². The molecule has 2 aromatic carbocycles. The number of amides is 1. The van der Waals surface area contributed by atoms with Crippen molar-refractivity contribution in [1.82, 2.24) is 10.1 Å². The summed E-state index contributed by atoms with van der Waals surface area (Å²) >= 11 is 5.94. The zero-order chi connectivity index (χ0) is 19.0. The summed E-state index contributed by atoms with van der Waals surface area (Å²) in [5, 5.41) is 4.37. The van der Waals surface area contributed by atoms with Crippen molar-refractivity contribution in [2.45, 2.75) is 12.3 Å². The van der Waals surface area contributed by atoms with Gasteiger partial charge in [-0.05, 0) is 42.5 Å². The van der Waals surface area contributed by atoms with Crippen molar-refractivity contribution in [2.75, 3.05) is 18.6 Å². The second-order valence-corrected chi connectivity index (χ2v) is 6.62. The summed E-state index contributed by atoms with van der Waals surface area (Å²) in [4.78, 5) is 18.2. The van der Waals surface area contributed by atoms with Crippen LogP contribution in [-0.2, 0) is 4.79 Å². The molecule has 8 heteroatoms. The van der Waals surface area contributed by atoms with Crippen molar-refractivity contribution in [2.24, 2.45) is 0 Å². The van der Waals surface area contributed by atoms with Crippen molar-refractivity contribution in [3.63, 3.8) is 0 Å². The van der Waals surface area contributed by atoms with Crippen LogP contribution in [0.1, 0.15) is 18.2 Å². The summed E-state index contributed by atoms with van der Waals surface area (Å²) in [6.07, 6.45) is 0.174. The molecular formula is C19H15ClFN3O3. The Morgan fingerprint density at radius 2 is 2.04 bits per heavy atom. The molecule has 27 heavy (non-hydrogen) atoms. The Morgan fingerprint density at radius 1 is 1.26 bits per heavy atom. The Bertz CT molecular complexity index is 990. The second kappa shape index (κ2) is 7.00. The predicted octanol–water partition coefficient (Wildman–Crippen LogP) is 4.06. The molecule has 1 aliphatic rings. The SMILES string of the molecule is COc1ccc(-c2nc(C3CC(=O)N(c4cc(Cl)ccc4F)C3)no2)cc1. The van der Waals surface area contributed by atoms with E-state index in [4.69, 9.17) is 20.9 Å². The molecule has 0 bridgehead atoms. The van der Waals surface area contributed by atoms with Gasteiger partial charge in [-0.15, -0.1) is 0 Å². The Hall–Kier alpha value is -2.93. The number of halogens is 2. The first-order chi connectivity index (χ1) is 13.0. The molecule has 1 aliphatic heterocycles.